The van der Waals surface area contributed by atoms with Crippen LogP contribution in [-0.4, -0.2) is 19.9 Å². The number of carbonyl (C=O) groups excluding carboxylic acids is 1. The lowest BCUT2D eigenvalue weighted by atomic mass is 10.2. The third-order valence-electron chi connectivity index (χ3n) is 1.39. The van der Waals surface area contributed by atoms with Gasteiger partial charge in [0.2, 0.25) is 0 Å². The Labute approximate surface area is 117 Å². The van der Waals surface area contributed by atoms with E-state index in [2.05, 4.69) is 25.1 Å². The number of rotatable bonds is 6. The molecule has 0 aromatic heterocycles. The topological polar surface area (TPSA) is 38.3 Å². The van der Waals surface area contributed by atoms with Gasteiger partial charge in [-0.15, -0.1) is 0 Å². The monoisotopic (exact) mass is 271 g/mol. The Balaban J connectivity index is -0.000000233. The summed E-state index contributed by atoms with van der Waals surface area (Å²) in [6.07, 6.45) is 9.37. The van der Waals surface area contributed by atoms with E-state index in [1.807, 2.05) is 13.8 Å². The van der Waals surface area contributed by atoms with E-state index in [0.717, 1.165) is 5.57 Å². The normalized spacial score (nSPS) is 9.16. The van der Waals surface area contributed by atoms with Crippen molar-refractivity contribution in [3.8, 4) is 0 Å². The Bertz CT molecular complexity index is 313. The maximum atomic E-state index is 10.8. The molecule has 0 aliphatic rings. The van der Waals surface area contributed by atoms with Crippen molar-refractivity contribution in [2.45, 2.75) is 13.8 Å². The zero-order chi connectivity index (χ0) is 15.5. The van der Waals surface area contributed by atoms with Crippen LogP contribution in [0.1, 0.15) is 15.3 Å². The average Bonchev–Trinajstić information content (AvgIpc) is 2.47. The third kappa shape index (κ3) is 18.5. The molecule has 0 fully saturated rings. The lowest BCUT2D eigenvalue weighted by Gasteiger charge is -1.99. The van der Waals surface area contributed by atoms with Gasteiger partial charge in [-0.25, -0.2) is 4.79 Å². The summed E-state index contributed by atoms with van der Waals surface area (Å²) >= 11 is 0. The highest BCUT2D eigenvalue weighted by Crippen LogP contribution is 1.97. The number of alkyl carbamates (subject to hydrolysis) is 1. The predicted molar refractivity (Wildman–Crippen MR) is 82.8 cm³/mol. The van der Waals surface area contributed by atoms with Gasteiger partial charge in [0.05, 0.1) is 7.18 Å². The first-order valence-electron chi connectivity index (χ1n) is 5.78. The molecule has 0 radical (unpaired) electrons. The van der Waals surface area contributed by atoms with Crippen molar-refractivity contribution in [1.82, 2.24) is 5.32 Å². The second kappa shape index (κ2) is 21.2. The van der Waals surface area contributed by atoms with Crippen LogP contribution in [0.5, 0.6) is 0 Å². The summed E-state index contributed by atoms with van der Waals surface area (Å²) in [4.78, 5) is 10.8. The van der Waals surface area contributed by atoms with Crippen molar-refractivity contribution in [2.75, 3.05) is 13.8 Å². The van der Waals surface area contributed by atoms with E-state index in [-0.39, 0.29) is 8.03 Å². The van der Waals surface area contributed by atoms with E-state index >= 15 is 0 Å². The fourth-order valence-corrected chi connectivity index (χ4v) is 0.761. The minimum absolute atomic E-state index is 0. The van der Waals surface area contributed by atoms with Crippen molar-refractivity contribution in [1.29, 1.82) is 0 Å². The van der Waals surface area contributed by atoms with Gasteiger partial charge in [0.25, 0.3) is 0 Å². The summed E-state index contributed by atoms with van der Waals surface area (Å²) in [5.74, 6) is 0. The predicted octanol–water partition coefficient (Wildman–Crippen LogP) is 4.57. The first-order valence-corrected chi connectivity index (χ1v) is 5.78. The largest absolute Gasteiger partial charge is 0.445 e. The Morgan fingerprint density at radius 1 is 1.32 bits per heavy atom. The molecule has 1 N–H and O–H groups in total. The summed E-state index contributed by atoms with van der Waals surface area (Å²) in [6, 6.07) is 0. The average molecular weight is 271 g/mol. The Hall–Kier alpha value is -2.10. The molecule has 0 aromatic carbocycles. The molecule has 0 atom stereocenters. The molecule has 0 bridgehead atoms. The fraction of sp³-hybridized carbons (Fsp3) is 0.267. The first kappa shape index (κ1) is 22.1. The maximum absolute atomic E-state index is 10.8. The summed E-state index contributed by atoms with van der Waals surface area (Å²) in [6.45, 7) is 14.7. The van der Waals surface area contributed by atoms with Gasteiger partial charge in [-0.2, -0.15) is 0 Å². The highest BCUT2D eigenvalue weighted by atomic mass is 19.1. The van der Waals surface area contributed by atoms with Crippen LogP contribution in [0.3, 0.4) is 0 Å². The minimum atomic E-state index is -0.525. The van der Waals surface area contributed by atoms with Crippen molar-refractivity contribution in [2.24, 2.45) is 0 Å². The van der Waals surface area contributed by atoms with E-state index < -0.39 is 6.09 Å². The molecule has 19 heavy (non-hydrogen) atoms. The molecule has 0 rings (SSSR count). The molecule has 0 aliphatic carbocycles. The molecule has 0 heterocycles. The molecule has 0 aliphatic heterocycles. The number of carbonyl (C=O) groups is 1. The summed E-state index contributed by atoms with van der Waals surface area (Å²) < 4.78 is 14.3. The van der Waals surface area contributed by atoms with Gasteiger partial charge in [-0.3, -0.25) is 9.71 Å². The molecule has 4 heteroatoms. The number of hydrogen-bond donors (Lipinski definition) is 1. The standard InChI is InChI=1S/C12H15NO2.C2H6.CH3F.H2/c1-4-8-11(5-2)9-7-10-15-12(14)13-6-3;2*1-2;/h4-9H,1-3,10H2,(H,13,14);1-2H3;1H3;1H/b9-7+,11-8+;;;. The second-order valence-corrected chi connectivity index (χ2v) is 2.46. The highest BCUT2D eigenvalue weighted by molar-refractivity contribution is 5.68. The van der Waals surface area contributed by atoms with Crippen LogP contribution in [-0.2, 0) is 4.74 Å². The van der Waals surface area contributed by atoms with Gasteiger partial charge in [-0.05, 0) is 17.8 Å². The zero-order valence-corrected chi connectivity index (χ0v) is 12.0. The smallest absolute Gasteiger partial charge is 0.411 e. The van der Waals surface area contributed by atoms with Gasteiger partial charge in [-0.1, -0.05) is 57.9 Å². The van der Waals surface area contributed by atoms with Crippen molar-refractivity contribution in [3.63, 3.8) is 0 Å². The van der Waals surface area contributed by atoms with E-state index in [4.69, 9.17) is 4.74 Å². The van der Waals surface area contributed by atoms with E-state index in [0.29, 0.717) is 7.18 Å². The van der Waals surface area contributed by atoms with Gasteiger partial charge in [0.15, 0.2) is 0 Å². The number of allylic oxidation sites excluding steroid dienone is 5. The molecular formula is C15H26FNO2. The number of nitrogens with one attached hydrogen (secondary N) is 1. The summed E-state index contributed by atoms with van der Waals surface area (Å²) in [5.41, 5.74) is 0.901. The van der Waals surface area contributed by atoms with Gasteiger partial charge in [0, 0.05) is 1.43 Å². The van der Waals surface area contributed by atoms with Crippen LogP contribution in [0.4, 0.5) is 9.18 Å². The number of amides is 1. The lowest BCUT2D eigenvalue weighted by molar-refractivity contribution is 0.162. The number of ether oxygens (including phenoxy) is 1. The highest BCUT2D eigenvalue weighted by Gasteiger charge is 1.93. The lowest BCUT2D eigenvalue weighted by Crippen LogP contribution is -2.17. The van der Waals surface area contributed by atoms with Gasteiger partial charge >= 0.3 is 6.09 Å². The Morgan fingerprint density at radius 3 is 2.32 bits per heavy atom. The molecular weight excluding hydrogens is 245 g/mol. The Kier molecular flexibility index (Phi) is 24.7. The van der Waals surface area contributed by atoms with Crippen molar-refractivity contribution < 1.29 is 15.3 Å². The number of alkyl halides is 1. The van der Waals surface area contributed by atoms with E-state index in [1.54, 1.807) is 30.4 Å². The Morgan fingerprint density at radius 2 is 1.89 bits per heavy atom. The quantitative estimate of drug-likeness (QED) is 0.719. The van der Waals surface area contributed by atoms with Crippen LogP contribution in [0.15, 0.2) is 61.9 Å². The number of hydrogen-bond acceptors (Lipinski definition) is 2. The first-order chi connectivity index (χ1) is 9.24. The molecule has 0 saturated heterocycles. The molecule has 0 aromatic rings. The maximum Gasteiger partial charge on any atom is 0.411 e. The van der Waals surface area contributed by atoms with Crippen molar-refractivity contribution >= 4 is 6.09 Å². The van der Waals surface area contributed by atoms with Crippen LogP contribution < -0.4 is 5.32 Å². The van der Waals surface area contributed by atoms with Crippen LogP contribution in [0.25, 0.3) is 0 Å². The second-order valence-electron chi connectivity index (χ2n) is 2.46. The molecule has 0 unspecified atom stereocenters. The van der Waals surface area contributed by atoms with Crippen LogP contribution >= 0.6 is 0 Å². The molecule has 1 amide bonds. The molecule has 0 spiro atoms. The van der Waals surface area contributed by atoms with Crippen molar-refractivity contribution in [3.05, 3.63) is 61.9 Å². The third-order valence-corrected chi connectivity index (χ3v) is 1.39. The minimum Gasteiger partial charge on any atom is -0.445 e. The number of halogens is 1. The summed E-state index contributed by atoms with van der Waals surface area (Å²) in [7, 11) is 0.500. The van der Waals surface area contributed by atoms with E-state index in [9.17, 15) is 9.18 Å². The molecule has 0 saturated carbocycles. The van der Waals surface area contributed by atoms with Gasteiger partial charge < -0.3 is 4.74 Å². The fourth-order valence-electron chi connectivity index (χ4n) is 0.761. The molecule has 110 valence electrons. The zero-order valence-electron chi connectivity index (χ0n) is 12.0. The van der Waals surface area contributed by atoms with Crippen LogP contribution in [0.2, 0.25) is 0 Å². The van der Waals surface area contributed by atoms with E-state index in [1.165, 1.54) is 6.20 Å². The SMILES string of the molecule is C=C/C=C(C=C)/C=C/COC(=O)NC=C.CC.CF.[HH]. The molecule has 3 nitrogen and oxygen atoms in total. The summed E-state index contributed by atoms with van der Waals surface area (Å²) in [5, 5.41) is 2.29. The van der Waals surface area contributed by atoms with Crippen LogP contribution in [0, 0.1) is 0 Å². The van der Waals surface area contributed by atoms with Gasteiger partial charge in [0.1, 0.15) is 6.61 Å².